The van der Waals surface area contributed by atoms with E-state index >= 15 is 0 Å². The molecule has 0 N–H and O–H groups in total. The highest BCUT2D eigenvalue weighted by Gasteiger charge is 2.14. The molecule has 0 saturated carbocycles. The minimum Gasteiger partial charge on any atom is -0.465 e. The minimum atomic E-state index is -0.476. The van der Waals surface area contributed by atoms with E-state index in [0.717, 1.165) is 11.1 Å². The number of hydrogen-bond donors (Lipinski definition) is 0. The molecule has 0 radical (unpaired) electrons. The van der Waals surface area contributed by atoms with Crippen molar-refractivity contribution in [2.75, 3.05) is 7.11 Å². The molecule has 0 aromatic heterocycles. The van der Waals surface area contributed by atoms with E-state index in [4.69, 9.17) is 4.74 Å². The van der Waals surface area contributed by atoms with Gasteiger partial charge in [-0.2, -0.15) is 0 Å². The van der Waals surface area contributed by atoms with Crippen LogP contribution in [0.15, 0.2) is 77.3 Å². The number of methoxy groups -OCH3 is 1. The fourth-order valence-electron chi connectivity index (χ4n) is 2.42. The molecular formula is C21H15BrO4. The molecule has 0 fully saturated rings. The van der Waals surface area contributed by atoms with Crippen LogP contribution in [0.5, 0.6) is 5.75 Å². The van der Waals surface area contributed by atoms with Crippen LogP contribution in [0.4, 0.5) is 0 Å². The SMILES string of the molecule is COC(=O)c1ccc(OC(=O)c2ccc(-c3ccccc3)cc2)c(Br)c1. The van der Waals surface area contributed by atoms with Crippen LogP contribution in [0.25, 0.3) is 11.1 Å². The molecule has 5 heteroatoms. The van der Waals surface area contributed by atoms with E-state index in [-0.39, 0.29) is 0 Å². The Morgan fingerprint density at radius 2 is 1.38 bits per heavy atom. The molecule has 4 nitrogen and oxygen atoms in total. The smallest absolute Gasteiger partial charge is 0.343 e. The number of ether oxygens (including phenoxy) is 2. The van der Waals surface area contributed by atoms with Gasteiger partial charge in [0, 0.05) is 0 Å². The fraction of sp³-hybridized carbons (Fsp3) is 0.0476. The van der Waals surface area contributed by atoms with Crippen molar-refractivity contribution in [2.45, 2.75) is 0 Å². The molecule has 0 aliphatic rings. The number of benzene rings is 3. The van der Waals surface area contributed by atoms with Crippen molar-refractivity contribution in [1.29, 1.82) is 0 Å². The first-order valence-corrected chi connectivity index (χ1v) is 8.63. The molecule has 3 rings (SSSR count). The number of carbonyl (C=O) groups excluding carboxylic acids is 2. The van der Waals surface area contributed by atoms with Gasteiger partial charge in [-0.05, 0) is 57.4 Å². The maximum atomic E-state index is 12.4. The second-order valence-corrected chi connectivity index (χ2v) is 6.32. The van der Waals surface area contributed by atoms with E-state index in [9.17, 15) is 9.59 Å². The average Bonchev–Trinajstić information content (AvgIpc) is 2.69. The highest BCUT2D eigenvalue weighted by atomic mass is 79.9. The summed E-state index contributed by atoms with van der Waals surface area (Å²) in [6, 6.07) is 21.7. The molecule has 0 heterocycles. The quantitative estimate of drug-likeness (QED) is 0.442. The van der Waals surface area contributed by atoms with Crippen LogP contribution in [0, 0.1) is 0 Å². The van der Waals surface area contributed by atoms with Gasteiger partial charge in [-0.15, -0.1) is 0 Å². The second-order valence-electron chi connectivity index (χ2n) is 5.47. The Hall–Kier alpha value is -2.92. The third-order valence-corrected chi connectivity index (χ3v) is 4.40. The predicted octanol–water partition coefficient (Wildman–Crippen LogP) is 5.12. The molecular weight excluding hydrogens is 396 g/mol. The summed E-state index contributed by atoms with van der Waals surface area (Å²) < 4.78 is 10.6. The second kappa shape index (κ2) is 7.97. The van der Waals surface area contributed by atoms with Gasteiger partial charge >= 0.3 is 11.9 Å². The summed E-state index contributed by atoms with van der Waals surface area (Å²) in [5, 5.41) is 0. The third-order valence-electron chi connectivity index (χ3n) is 3.78. The number of esters is 2. The fourth-order valence-corrected chi connectivity index (χ4v) is 2.88. The van der Waals surface area contributed by atoms with Crippen LogP contribution >= 0.6 is 15.9 Å². The van der Waals surface area contributed by atoms with E-state index in [1.54, 1.807) is 24.3 Å². The normalized spacial score (nSPS) is 10.2. The van der Waals surface area contributed by atoms with Crippen LogP contribution in [0.3, 0.4) is 0 Å². The minimum absolute atomic E-state index is 0.329. The Morgan fingerprint density at radius 1 is 0.769 bits per heavy atom. The van der Waals surface area contributed by atoms with Crippen molar-refractivity contribution in [1.82, 2.24) is 0 Å². The Balaban J connectivity index is 1.75. The molecule has 0 saturated heterocycles. The largest absolute Gasteiger partial charge is 0.465 e. The maximum Gasteiger partial charge on any atom is 0.343 e. The lowest BCUT2D eigenvalue weighted by Gasteiger charge is -2.08. The Morgan fingerprint density at radius 3 is 2.00 bits per heavy atom. The van der Waals surface area contributed by atoms with Crippen molar-refractivity contribution in [2.24, 2.45) is 0 Å². The standard InChI is InChI=1S/C21H15BrO4/c1-25-20(23)17-11-12-19(18(22)13-17)26-21(24)16-9-7-15(8-10-16)14-5-3-2-4-6-14/h2-13H,1H3. The summed E-state index contributed by atoms with van der Waals surface area (Å²) in [6.45, 7) is 0. The van der Waals surface area contributed by atoms with Gasteiger partial charge in [-0.1, -0.05) is 42.5 Å². The van der Waals surface area contributed by atoms with Crippen molar-refractivity contribution in [3.63, 3.8) is 0 Å². The first-order chi connectivity index (χ1) is 12.6. The van der Waals surface area contributed by atoms with Crippen LogP contribution in [0.2, 0.25) is 0 Å². The zero-order chi connectivity index (χ0) is 18.5. The van der Waals surface area contributed by atoms with Gasteiger partial charge < -0.3 is 9.47 Å². The van der Waals surface area contributed by atoms with E-state index in [0.29, 0.717) is 21.3 Å². The molecule has 0 bridgehead atoms. The topological polar surface area (TPSA) is 52.6 Å². The molecule has 0 aliphatic carbocycles. The molecule has 130 valence electrons. The molecule has 3 aromatic rings. The summed E-state index contributed by atoms with van der Waals surface area (Å²) in [5.74, 6) is -0.606. The first kappa shape index (κ1) is 17.9. The van der Waals surface area contributed by atoms with Gasteiger partial charge in [0.15, 0.2) is 0 Å². The number of hydrogen-bond acceptors (Lipinski definition) is 4. The third kappa shape index (κ3) is 4.00. The first-order valence-electron chi connectivity index (χ1n) is 7.84. The number of rotatable bonds is 4. The molecule has 0 unspecified atom stereocenters. The highest BCUT2D eigenvalue weighted by Crippen LogP contribution is 2.27. The highest BCUT2D eigenvalue weighted by molar-refractivity contribution is 9.10. The van der Waals surface area contributed by atoms with Crippen molar-refractivity contribution in [3.05, 3.63) is 88.4 Å². The molecule has 26 heavy (non-hydrogen) atoms. The van der Waals surface area contributed by atoms with Crippen LogP contribution in [-0.2, 0) is 4.74 Å². The van der Waals surface area contributed by atoms with Gasteiger partial charge in [-0.3, -0.25) is 0 Å². The average molecular weight is 411 g/mol. The van der Waals surface area contributed by atoms with Crippen LogP contribution in [-0.4, -0.2) is 19.0 Å². The Kier molecular flexibility index (Phi) is 5.49. The van der Waals surface area contributed by atoms with Crippen LogP contribution < -0.4 is 4.74 Å². The van der Waals surface area contributed by atoms with Gasteiger partial charge in [0.2, 0.25) is 0 Å². The van der Waals surface area contributed by atoms with Gasteiger partial charge in [-0.25, -0.2) is 9.59 Å². The van der Waals surface area contributed by atoms with Crippen molar-refractivity contribution >= 4 is 27.9 Å². The van der Waals surface area contributed by atoms with E-state index in [1.807, 2.05) is 42.5 Å². The zero-order valence-corrected chi connectivity index (χ0v) is 15.5. The lowest BCUT2D eigenvalue weighted by atomic mass is 10.0. The van der Waals surface area contributed by atoms with Crippen molar-refractivity contribution in [3.8, 4) is 16.9 Å². The maximum absolute atomic E-state index is 12.4. The summed E-state index contributed by atoms with van der Waals surface area (Å²) in [7, 11) is 1.31. The lowest BCUT2D eigenvalue weighted by molar-refractivity contribution is 0.0600. The molecule has 0 atom stereocenters. The van der Waals surface area contributed by atoms with Crippen molar-refractivity contribution < 1.29 is 19.1 Å². The number of carbonyl (C=O) groups is 2. The molecule has 0 spiro atoms. The van der Waals surface area contributed by atoms with E-state index in [1.165, 1.54) is 13.2 Å². The Bertz CT molecular complexity index is 934. The Labute approximate surface area is 159 Å². The summed E-state index contributed by atoms with van der Waals surface area (Å²) in [6.07, 6.45) is 0. The van der Waals surface area contributed by atoms with E-state index in [2.05, 4.69) is 20.7 Å². The predicted molar refractivity (Wildman–Crippen MR) is 102 cm³/mol. The monoisotopic (exact) mass is 410 g/mol. The van der Waals surface area contributed by atoms with Crippen LogP contribution in [0.1, 0.15) is 20.7 Å². The van der Waals surface area contributed by atoms with Gasteiger partial charge in [0.05, 0.1) is 22.7 Å². The molecule has 0 amide bonds. The lowest BCUT2D eigenvalue weighted by Crippen LogP contribution is -2.09. The molecule has 3 aromatic carbocycles. The summed E-state index contributed by atoms with van der Waals surface area (Å²) in [4.78, 5) is 23.9. The van der Waals surface area contributed by atoms with Gasteiger partial charge in [0.1, 0.15) is 5.75 Å². The number of halogens is 1. The van der Waals surface area contributed by atoms with E-state index < -0.39 is 11.9 Å². The summed E-state index contributed by atoms with van der Waals surface area (Å²) in [5.41, 5.74) is 2.90. The molecule has 0 aliphatic heterocycles. The summed E-state index contributed by atoms with van der Waals surface area (Å²) >= 11 is 3.30. The van der Waals surface area contributed by atoms with Gasteiger partial charge in [0.25, 0.3) is 0 Å². The zero-order valence-electron chi connectivity index (χ0n) is 13.9.